The Labute approximate surface area is 174 Å². The van der Waals surface area contributed by atoms with Crippen LogP contribution in [0.15, 0.2) is 70.4 Å². The first-order valence-electron chi connectivity index (χ1n) is 8.74. The van der Waals surface area contributed by atoms with Crippen molar-refractivity contribution in [3.8, 4) is 0 Å². The molecule has 0 N–H and O–H groups in total. The molecule has 2 atom stereocenters. The second-order valence-electron chi connectivity index (χ2n) is 6.29. The van der Waals surface area contributed by atoms with Gasteiger partial charge in [-0.15, -0.1) is 11.8 Å². The molecule has 1 aromatic carbocycles. The fourth-order valence-corrected chi connectivity index (χ4v) is 3.50. The van der Waals surface area contributed by atoms with Crippen LogP contribution in [-0.2, 0) is 4.79 Å². The van der Waals surface area contributed by atoms with E-state index >= 15 is 0 Å². The number of benzene rings is 1. The molecule has 0 spiro atoms. The van der Waals surface area contributed by atoms with Crippen molar-refractivity contribution in [2.45, 2.75) is 29.2 Å². The van der Waals surface area contributed by atoms with Gasteiger partial charge in [0.1, 0.15) is 6.54 Å². The molecule has 0 saturated carbocycles. The molecule has 1 aliphatic rings. The van der Waals surface area contributed by atoms with Gasteiger partial charge in [-0.25, -0.2) is 0 Å². The van der Waals surface area contributed by atoms with E-state index in [-0.39, 0.29) is 28.6 Å². The van der Waals surface area contributed by atoms with Gasteiger partial charge in [0.2, 0.25) is 5.91 Å². The smallest absolute Gasteiger partial charge is 0.269 e. The summed E-state index contributed by atoms with van der Waals surface area (Å²) in [5.74, 6) is -0.206. The minimum Gasteiger partial charge on any atom is -0.321 e. The van der Waals surface area contributed by atoms with Gasteiger partial charge in [0.15, 0.2) is 0 Å². The van der Waals surface area contributed by atoms with Crippen LogP contribution in [0, 0.1) is 10.1 Å². The molecule has 0 saturated heterocycles. The molecular formula is C20H23N3O3S2. The highest BCUT2D eigenvalue weighted by Gasteiger charge is 2.16. The summed E-state index contributed by atoms with van der Waals surface area (Å²) in [6.45, 7) is 4.07. The molecule has 0 aliphatic carbocycles. The second kappa shape index (κ2) is 10.3. The molecule has 1 aromatic rings. The average molecular weight is 418 g/mol. The van der Waals surface area contributed by atoms with Crippen LogP contribution in [0.5, 0.6) is 0 Å². The number of hydrogen-bond acceptors (Lipinski definition) is 6. The van der Waals surface area contributed by atoms with E-state index < -0.39 is 4.92 Å². The zero-order valence-electron chi connectivity index (χ0n) is 16.0. The van der Waals surface area contributed by atoms with Crippen molar-refractivity contribution in [1.29, 1.82) is 0 Å². The topological polar surface area (TPSA) is 75.8 Å². The molecule has 6 nitrogen and oxygen atoms in total. The fraction of sp³-hybridized carbons (Fsp3) is 0.300. The Kier molecular flexibility index (Phi) is 8.07. The van der Waals surface area contributed by atoms with Crippen LogP contribution in [0.25, 0.3) is 0 Å². The van der Waals surface area contributed by atoms with Crippen LogP contribution >= 0.6 is 24.4 Å². The van der Waals surface area contributed by atoms with E-state index in [0.717, 1.165) is 10.5 Å². The molecular weight excluding hydrogens is 394 g/mol. The highest BCUT2D eigenvalue weighted by Crippen LogP contribution is 2.30. The molecule has 2 unspecified atom stereocenters. The Morgan fingerprint density at radius 1 is 1.29 bits per heavy atom. The number of hydrogen-bond donors (Lipinski definition) is 1. The van der Waals surface area contributed by atoms with Crippen molar-refractivity contribution in [2.75, 3.05) is 13.6 Å². The van der Waals surface area contributed by atoms with E-state index in [1.54, 1.807) is 24.9 Å². The van der Waals surface area contributed by atoms with Crippen LogP contribution in [0.2, 0.25) is 0 Å². The number of aliphatic imine (C=N–C) groups is 1. The molecule has 28 heavy (non-hydrogen) atoms. The van der Waals surface area contributed by atoms with Gasteiger partial charge in [-0.2, -0.15) is 12.6 Å². The molecule has 8 heteroatoms. The van der Waals surface area contributed by atoms with Crippen molar-refractivity contribution in [3.05, 3.63) is 76.1 Å². The molecule has 1 heterocycles. The minimum atomic E-state index is -0.469. The largest absolute Gasteiger partial charge is 0.321 e. The summed E-state index contributed by atoms with van der Waals surface area (Å²) in [5.41, 5.74) is 1.27. The number of amides is 1. The number of rotatable bonds is 5. The molecule has 1 amide bonds. The van der Waals surface area contributed by atoms with Crippen LogP contribution in [0.3, 0.4) is 0 Å². The van der Waals surface area contributed by atoms with Gasteiger partial charge in [0.05, 0.1) is 10.6 Å². The lowest BCUT2D eigenvalue weighted by Gasteiger charge is -2.17. The Balaban J connectivity index is 2.50. The number of carbonyl (C=O) groups excluding carboxylic acids is 1. The standard InChI is InChI=1S/C20H23N3O3S2/c1-14(27)15(2)28-19-9-5-4-8-17(19)18-11-10-16(23(25)26)7-6-12-22(3)20(24)13-21-18/h4-12,14-15,27H,13H2,1-3H3/b11-10+,12-6+,16-7+,21-18+. The normalized spacial score (nSPS) is 23.4. The minimum absolute atomic E-state index is 0.0498. The number of likely N-dealkylation sites (N-methyl/N-ethyl adjacent to an activating group) is 1. The van der Waals surface area contributed by atoms with Crippen LogP contribution in [0.1, 0.15) is 19.4 Å². The Bertz CT molecular complexity index is 860. The third-order valence-corrected chi connectivity index (χ3v) is 6.17. The van der Waals surface area contributed by atoms with Crippen molar-refractivity contribution in [2.24, 2.45) is 4.99 Å². The zero-order valence-corrected chi connectivity index (χ0v) is 17.7. The fourth-order valence-electron chi connectivity index (χ4n) is 2.27. The van der Waals surface area contributed by atoms with Crippen molar-refractivity contribution < 1.29 is 9.72 Å². The van der Waals surface area contributed by atoms with Crippen molar-refractivity contribution >= 4 is 36.0 Å². The number of nitro groups is 1. The Morgan fingerprint density at radius 3 is 2.68 bits per heavy atom. The monoisotopic (exact) mass is 417 g/mol. The summed E-state index contributed by atoms with van der Waals surface area (Å²) in [6.07, 6.45) is 7.32. The maximum absolute atomic E-state index is 12.3. The van der Waals surface area contributed by atoms with Gasteiger partial charge in [0, 0.05) is 46.4 Å². The summed E-state index contributed by atoms with van der Waals surface area (Å²) in [7, 11) is 1.60. The summed E-state index contributed by atoms with van der Waals surface area (Å²) in [5, 5.41) is 11.7. The first-order chi connectivity index (χ1) is 13.3. The summed E-state index contributed by atoms with van der Waals surface area (Å²) < 4.78 is 0. The predicted molar refractivity (Wildman–Crippen MR) is 118 cm³/mol. The lowest BCUT2D eigenvalue weighted by molar-refractivity contribution is -0.419. The van der Waals surface area contributed by atoms with E-state index in [1.807, 2.05) is 31.2 Å². The van der Waals surface area contributed by atoms with E-state index in [2.05, 4.69) is 24.5 Å². The number of thiol groups is 1. The highest BCUT2D eigenvalue weighted by atomic mass is 32.2. The van der Waals surface area contributed by atoms with Gasteiger partial charge in [0.25, 0.3) is 5.70 Å². The molecule has 0 fully saturated rings. The molecule has 0 aromatic heterocycles. The molecule has 0 radical (unpaired) electrons. The zero-order chi connectivity index (χ0) is 20.7. The first-order valence-corrected chi connectivity index (χ1v) is 10.1. The summed E-state index contributed by atoms with van der Waals surface area (Å²) in [6, 6.07) is 7.70. The van der Waals surface area contributed by atoms with E-state index in [0.29, 0.717) is 5.71 Å². The first kappa shape index (κ1) is 22.0. The van der Waals surface area contributed by atoms with Gasteiger partial charge < -0.3 is 4.90 Å². The molecule has 148 valence electrons. The number of carbonyl (C=O) groups is 1. The second-order valence-corrected chi connectivity index (χ2v) is 8.52. The quantitative estimate of drug-likeness (QED) is 0.340. The highest BCUT2D eigenvalue weighted by molar-refractivity contribution is 8.00. The Hall–Kier alpha value is -2.32. The van der Waals surface area contributed by atoms with Gasteiger partial charge in [-0.1, -0.05) is 32.0 Å². The molecule has 0 bridgehead atoms. The molecule has 1 aliphatic heterocycles. The lowest BCUT2D eigenvalue weighted by Crippen LogP contribution is -2.23. The maximum atomic E-state index is 12.3. The predicted octanol–water partition coefficient (Wildman–Crippen LogP) is 3.98. The Morgan fingerprint density at radius 2 is 2.00 bits per heavy atom. The summed E-state index contributed by atoms with van der Waals surface area (Å²) >= 11 is 6.16. The van der Waals surface area contributed by atoms with Crippen LogP contribution in [0.4, 0.5) is 0 Å². The van der Waals surface area contributed by atoms with Crippen LogP contribution < -0.4 is 0 Å². The van der Waals surface area contributed by atoms with Gasteiger partial charge >= 0.3 is 0 Å². The lowest BCUT2D eigenvalue weighted by atomic mass is 10.1. The van der Waals surface area contributed by atoms with E-state index in [9.17, 15) is 14.9 Å². The average Bonchev–Trinajstić information content (AvgIpc) is 2.68. The number of allylic oxidation sites excluding steroid dienone is 4. The van der Waals surface area contributed by atoms with Gasteiger partial charge in [-0.05, 0) is 18.2 Å². The summed E-state index contributed by atoms with van der Waals surface area (Å²) in [4.78, 5) is 29.9. The third kappa shape index (κ3) is 6.10. The molecule has 2 rings (SSSR count). The van der Waals surface area contributed by atoms with Crippen molar-refractivity contribution in [3.63, 3.8) is 0 Å². The maximum Gasteiger partial charge on any atom is 0.269 e. The van der Waals surface area contributed by atoms with E-state index in [1.165, 1.54) is 29.3 Å². The number of nitrogens with zero attached hydrogens (tertiary/aromatic N) is 3. The van der Waals surface area contributed by atoms with Crippen LogP contribution in [-0.4, -0.2) is 45.5 Å². The SMILES string of the molecule is CC(S)C(C)Sc1ccccc1C1=N/CC(=O)N(C)/C=C/C=C([N+](=O)[O-])\C=C\1. The van der Waals surface area contributed by atoms with Gasteiger partial charge in [-0.3, -0.25) is 19.9 Å². The van der Waals surface area contributed by atoms with Crippen molar-refractivity contribution in [1.82, 2.24) is 4.90 Å². The van der Waals surface area contributed by atoms with E-state index in [4.69, 9.17) is 0 Å². The number of thioether (sulfide) groups is 1. The third-order valence-electron chi connectivity index (χ3n) is 4.13.